The number of unbranched alkanes of at least 4 members (excludes halogenated alkanes) is 2. The van der Waals surface area contributed by atoms with Gasteiger partial charge in [-0.15, -0.1) is 0 Å². The molecule has 1 N–H and O–H groups in total. The van der Waals surface area contributed by atoms with Gasteiger partial charge in [-0.1, -0.05) is 104 Å². The summed E-state index contributed by atoms with van der Waals surface area (Å²) in [5.74, 6) is 4.11. The van der Waals surface area contributed by atoms with E-state index in [9.17, 15) is 9.59 Å². The lowest BCUT2D eigenvalue weighted by Crippen LogP contribution is -2.31. The second-order valence-corrected chi connectivity index (χ2v) is 14.3. The van der Waals surface area contributed by atoms with Crippen LogP contribution < -0.4 is 0 Å². The fraction of sp³-hybridized carbons (Fsp3) is 0.838. The van der Waals surface area contributed by atoms with Gasteiger partial charge in [0.25, 0.3) is 0 Å². The minimum Gasteiger partial charge on any atom is -0.462 e. The van der Waals surface area contributed by atoms with Crippen molar-refractivity contribution in [1.29, 1.82) is 0 Å². The number of aliphatic hydroxyl groups excluding tert-OH is 1. The second-order valence-electron chi connectivity index (χ2n) is 14.3. The Bertz CT molecular complexity index is 825. The van der Waals surface area contributed by atoms with Crippen LogP contribution in [0.2, 0.25) is 0 Å². The van der Waals surface area contributed by atoms with E-state index in [0.29, 0.717) is 11.5 Å². The molecular formula is C37H62O5. The average Bonchev–Trinajstić information content (AvgIpc) is 3.01. The van der Waals surface area contributed by atoms with Gasteiger partial charge in [0, 0.05) is 11.5 Å². The number of aliphatic hydroxyl groups is 1. The highest BCUT2D eigenvalue weighted by Crippen LogP contribution is 2.43. The predicted molar refractivity (Wildman–Crippen MR) is 171 cm³/mol. The van der Waals surface area contributed by atoms with Crippen molar-refractivity contribution >= 4 is 11.9 Å². The summed E-state index contributed by atoms with van der Waals surface area (Å²) in [6.45, 7) is 11.2. The molecule has 3 saturated carbocycles. The van der Waals surface area contributed by atoms with Crippen LogP contribution >= 0.6 is 0 Å². The highest BCUT2D eigenvalue weighted by atomic mass is 16.5. The van der Waals surface area contributed by atoms with E-state index in [4.69, 9.17) is 14.6 Å². The molecule has 0 aromatic rings. The van der Waals surface area contributed by atoms with E-state index in [1.165, 1.54) is 109 Å². The van der Waals surface area contributed by atoms with Gasteiger partial charge in [-0.25, -0.2) is 9.59 Å². The molecular weight excluding hydrogens is 524 g/mol. The van der Waals surface area contributed by atoms with Crippen molar-refractivity contribution in [3.05, 3.63) is 24.3 Å². The van der Waals surface area contributed by atoms with Crippen LogP contribution in [0.25, 0.3) is 0 Å². The van der Waals surface area contributed by atoms with Crippen molar-refractivity contribution in [2.45, 2.75) is 136 Å². The molecule has 0 aliphatic heterocycles. The molecule has 1 unspecified atom stereocenters. The number of hydrogen-bond acceptors (Lipinski definition) is 5. The van der Waals surface area contributed by atoms with Crippen LogP contribution in [0.15, 0.2) is 24.3 Å². The number of carbonyl (C=O) groups excluding carboxylic acids is 2. The molecule has 5 nitrogen and oxygen atoms in total. The molecule has 0 saturated heterocycles. The third-order valence-electron chi connectivity index (χ3n) is 11.1. The zero-order chi connectivity index (χ0) is 30.3. The molecule has 5 heteroatoms. The minimum absolute atomic E-state index is 0.0454. The van der Waals surface area contributed by atoms with Gasteiger partial charge in [0.2, 0.25) is 0 Å². The number of rotatable bonds is 17. The fourth-order valence-corrected chi connectivity index (χ4v) is 8.20. The molecule has 0 aromatic carbocycles. The molecule has 3 fully saturated rings. The molecule has 3 aliphatic rings. The van der Waals surface area contributed by atoms with E-state index < -0.39 is 18.5 Å². The second kappa shape index (κ2) is 18.9. The third-order valence-corrected chi connectivity index (χ3v) is 11.1. The van der Waals surface area contributed by atoms with E-state index in [0.717, 1.165) is 42.4 Å². The van der Waals surface area contributed by atoms with Crippen molar-refractivity contribution < 1.29 is 24.2 Å². The van der Waals surface area contributed by atoms with Crippen molar-refractivity contribution in [1.82, 2.24) is 0 Å². The standard InChI is InChI=1S/C37H62O5/c1-5-6-7-9-29-12-18-32(19-13-29)33-20-14-30(15-21-33)10-8-11-31-16-22-34(23-17-31)35(25-41-36(39)27(2)3)26-42-37(40)28(4)24-38/h29-35,38H,2,4-26H2,1,3H3. The Hall–Kier alpha value is -1.62. The van der Waals surface area contributed by atoms with E-state index >= 15 is 0 Å². The normalized spacial score (nSPS) is 28.9. The van der Waals surface area contributed by atoms with Crippen molar-refractivity contribution in [3.63, 3.8) is 0 Å². The van der Waals surface area contributed by atoms with E-state index in [-0.39, 0.29) is 24.7 Å². The van der Waals surface area contributed by atoms with Gasteiger partial charge < -0.3 is 14.6 Å². The SMILES string of the molecule is C=C(C)C(=O)OCC(COC(=O)C(=C)CO)C1CCC(CCCC2CCC(C3CCC(CCCCC)CC3)CC2)CC1. The van der Waals surface area contributed by atoms with Gasteiger partial charge in [0.15, 0.2) is 0 Å². The first kappa shape index (κ1) is 34.9. The number of esters is 2. The first-order valence-electron chi connectivity index (χ1n) is 17.6. The van der Waals surface area contributed by atoms with Gasteiger partial charge in [-0.2, -0.15) is 0 Å². The topological polar surface area (TPSA) is 72.8 Å². The number of ether oxygens (including phenoxy) is 2. The van der Waals surface area contributed by atoms with E-state index in [1.807, 2.05) is 0 Å². The van der Waals surface area contributed by atoms with E-state index in [1.54, 1.807) is 6.92 Å². The molecule has 1 atom stereocenters. The Morgan fingerprint density at radius 2 is 1.14 bits per heavy atom. The molecule has 3 rings (SSSR count). The van der Waals surface area contributed by atoms with Crippen LogP contribution in [0.4, 0.5) is 0 Å². The maximum Gasteiger partial charge on any atom is 0.335 e. The summed E-state index contributed by atoms with van der Waals surface area (Å²) in [7, 11) is 0. The number of carbonyl (C=O) groups is 2. The summed E-state index contributed by atoms with van der Waals surface area (Å²) in [5, 5.41) is 9.16. The fourth-order valence-electron chi connectivity index (χ4n) is 8.20. The van der Waals surface area contributed by atoms with Crippen LogP contribution in [-0.4, -0.2) is 36.9 Å². The van der Waals surface area contributed by atoms with Crippen LogP contribution in [0.5, 0.6) is 0 Å². The molecule has 240 valence electrons. The highest BCUT2D eigenvalue weighted by molar-refractivity contribution is 5.88. The Kier molecular flexibility index (Phi) is 15.7. The molecule has 0 spiro atoms. The molecule has 0 aromatic heterocycles. The summed E-state index contributed by atoms with van der Waals surface area (Å²) in [4.78, 5) is 24.1. The zero-order valence-electron chi connectivity index (χ0n) is 27.1. The highest BCUT2D eigenvalue weighted by Gasteiger charge is 2.32. The molecule has 0 heterocycles. The lowest BCUT2D eigenvalue weighted by atomic mass is 9.68. The molecule has 0 amide bonds. The van der Waals surface area contributed by atoms with Gasteiger partial charge in [-0.05, 0) is 81.0 Å². The quantitative estimate of drug-likeness (QED) is 0.105. The Labute approximate surface area is 257 Å². The maximum atomic E-state index is 12.1. The van der Waals surface area contributed by atoms with E-state index in [2.05, 4.69) is 20.1 Å². The van der Waals surface area contributed by atoms with Crippen LogP contribution in [-0.2, 0) is 19.1 Å². The van der Waals surface area contributed by atoms with Gasteiger partial charge in [-0.3, -0.25) is 0 Å². The zero-order valence-corrected chi connectivity index (χ0v) is 27.1. The monoisotopic (exact) mass is 586 g/mol. The molecule has 3 aliphatic carbocycles. The first-order valence-corrected chi connectivity index (χ1v) is 17.6. The first-order chi connectivity index (χ1) is 20.3. The summed E-state index contributed by atoms with van der Waals surface area (Å²) in [6, 6.07) is 0. The largest absolute Gasteiger partial charge is 0.462 e. The molecule has 0 radical (unpaired) electrons. The third kappa shape index (κ3) is 11.8. The minimum atomic E-state index is -0.582. The van der Waals surface area contributed by atoms with Gasteiger partial charge >= 0.3 is 11.9 Å². The molecule has 42 heavy (non-hydrogen) atoms. The van der Waals surface area contributed by atoms with Crippen molar-refractivity contribution in [2.24, 2.45) is 41.4 Å². The lowest BCUT2D eigenvalue weighted by molar-refractivity contribution is -0.146. The van der Waals surface area contributed by atoms with Crippen LogP contribution in [0.3, 0.4) is 0 Å². The Morgan fingerprint density at radius 1 is 0.690 bits per heavy atom. The maximum absolute atomic E-state index is 12.1. The van der Waals surface area contributed by atoms with Crippen molar-refractivity contribution in [2.75, 3.05) is 19.8 Å². The van der Waals surface area contributed by atoms with Crippen molar-refractivity contribution in [3.8, 4) is 0 Å². The Balaban J connectivity index is 1.31. The number of hydrogen-bond donors (Lipinski definition) is 1. The average molecular weight is 587 g/mol. The van der Waals surface area contributed by atoms with Crippen LogP contribution in [0, 0.1) is 41.4 Å². The smallest absolute Gasteiger partial charge is 0.335 e. The Morgan fingerprint density at radius 3 is 1.60 bits per heavy atom. The lowest BCUT2D eigenvalue weighted by Gasteiger charge is -2.38. The molecule has 0 bridgehead atoms. The predicted octanol–water partition coefficient (Wildman–Crippen LogP) is 8.98. The van der Waals surface area contributed by atoms with Gasteiger partial charge in [0.1, 0.15) is 0 Å². The summed E-state index contributed by atoms with van der Waals surface area (Å²) < 4.78 is 10.9. The summed E-state index contributed by atoms with van der Waals surface area (Å²) >= 11 is 0. The van der Waals surface area contributed by atoms with Gasteiger partial charge in [0.05, 0.1) is 25.4 Å². The summed E-state index contributed by atoms with van der Waals surface area (Å²) in [6.07, 6.45) is 26.2. The summed E-state index contributed by atoms with van der Waals surface area (Å²) in [5.41, 5.74) is 0.419. The van der Waals surface area contributed by atoms with Crippen LogP contribution in [0.1, 0.15) is 136 Å².